The van der Waals surface area contributed by atoms with Gasteiger partial charge in [-0.05, 0) is 42.8 Å². The SMILES string of the molecule is Cc1c(Cl)cccc1N/C=C(/C#N)C(=O)Nc1ccc(N)cc1Cl. The molecule has 0 atom stereocenters. The summed E-state index contributed by atoms with van der Waals surface area (Å²) < 4.78 is 0. The number of carbonyl (C=O) groups is 1. The Hall–Kier alpha value is -2.68. The van der Waals surface area contributed by atoms with E-state index in [4.69, 9.17) is 28.9 Å². The van der Waals surface area contributed by atoms with E-state index in [0.717, 1.165) is 5.56 Å². The Balaban J connectivity index is 2.17. The summed E-state index contributed by atoms with van der Waals surface area (Å²) in [6, 6.07) is 11.8. The molecule has 2 aromatic carbocycles. The van der Waals surface area contributed by atoms with E-state index in [1.165, 1.54) is 12.3 Å². The van der Waals surface area contributed by atoms with Gasteiger partial charge in [0.15, 0.2) is 0 Å². The van der Waals surface area contributed by atoms with Gasteiger partial charge in [-0.2, -0.15) is 5.26 Å². The normalized spacial score (nSPS) is 10.8. The van der Waals surface area contributed by atoms with Crippen LogP contribution in [0.1, 0.15) is 5.56 Å². The van der Waals surface area contributed by atoms with Crippen LogP contribution in [0.2, 0.25) is 10.0 Å². The van der Waals surface area contributed by atoms with Gasteiger partial charge in [0.05, 0.1) is 10.7 Å². The maximum Gasteiger partial charge on any atom is 0.267 e. The predicted molar refractivity (Wildman–Crippen MR) is 98.0 cm³/mol. The summed E-state index contributed by atoms with van der Waals surface area (Å²) in [5, 5.41) is 15.6. The molecule has 0 fully saturated rings. The minimum atomic E-state index is -0.587. The Morgan fingerprint density at radius 3 is 2.62 bits per heavy atom. The van der Waals surface area contributed by atoms with Crippen molar-refractivity contribution < 1.29 is 4.79 Å². The largest absolute Gasteiger partial charge is 0.399 e. The number of hydrogen-bond acceptors (Lipinski definition) is 4. The average Bonchev–Trinajstić information content (AvgIpc) is 2.54. The number of carbonyl (C=O) groups excluding carboxylic acids is 1. The Labute approximate surface area is 149 Å². The number of nitriles is 1. The van der Waals surface area contributed by atoms with Gasteiger partial charge >= 0.3 is 0 Å². The summed E-state index contributed by atoms with van der Waals surface area (Å²) in [4.78, 5) is 12.2. The van der Waals surface area contributed by atoms with Crippen molar-refractivity contribution in [3.8, 4) is 6.07 Å². The van der Waals surface area contributed by atoms with Crippen molar-refractivity contribution >= 4 is 46.2 Å². The molecule has 5 nitrogen and oxygen atoms in total. The number of hydrogen-bond donors (Lipinski definition) is 3. The van der Waals surface area contributed by atoms with E-state index >= 15 is 0 Å². The van der Waals surface area contributed by atoms with Crippen LogP contribution in [0.4, 0.5) is 17.1 Å². The molecular weight excluding hydrogens is 347 g/mol. The highest BCUT2D eigenvalue weighted by molar-refractivity contribution is 6.34. The molecule has 0 unspecified atom stereocenters. The highest BCUT2D eigenvalue weighted by Crippen LogP contribution is 2.25. The Morgan fingerprint density at radius 2 is 1.96 bits per heavy atom. The number of nitrogen functional groups attached to an aromatic ring is 1. The summed E-state index contributed by atoms with van der Waals surface area (Å²) in [5.74, 6) is -0.587. The molecule has 0 bridgehead atoms. The molecule has 0 aliphatic carbocycles. The zero-order valence-corrected chi connectivity index (χ0v) is 14.2. The van der Waals surface area contributed by atoms with Crippen LogP contribution in [0.3, 0.4) is 0 Å². The number of rotatable bonds is 4. The summed E-state index contributed by atoms with van der Waals surface area (Å²) in [6.07, 6.45) is 1.32. The quantitative estimate of drug-likeness (QED) is 0.429. The van der Waals surface area contributed by atoms with Crippen LogP contribution in [-0.4, -0.2) is 5.91 Å². The van der Waals surface area contributed by atoms with Crippen molar-refractivity contribution in [2.75, 3.05) is 16.4 Å². The summed E-state index contributed by atoms with van der Waals surface area (Å²) in [6.45, 7) is 1.83. The number of nitrogens with zero attached hydrogens (tertiary/aromatic N) is 1. The second-order valence-corrected chi connectivity index (χ2v) is 5.73. The average molecular weight is 361 g/mol. The third kappa shape index (κ3) is 4.19. The van der Waals surface area contributed by atoms with E-state index in [-0.39, 0.29) is 5.57 Å². The summed E-state index contributed by atoms with van der Waals surface area (Å²) in [7, 11) is 0. The number of nitrogens with one attached hydrogen (secondary N) is 2. The highest BCUT2D eigenvalue weighted by atomic mass is 35.5. The van der Waals surface area contributed by atoms with Crippen LogP contribution in [0, 0.1) is 18.3 Å². The van der Waals surface area contributed by atoms with Crippen molar-refractivity contribution in [1.82, 2.24) is 0 Å². The van der Waals surface area contributed by atoms with E-state index < -0.39 is 5.91 Å². The maximum atomic E-state index is 12.2. The molecule has 0 heterocycles. The number of halogens is 2. The number of nitrogens with two attached hydrogens (primary N) is 1. The van der Waals surface area contributed by atoms with Gasteiger partial charge in [0, 0.05) is 22.6 Å². The first-order valence-electron chi connectivity index (χ1n) is 6.90. The first-order chi connectivity index (χ1) is 11.4. The molecule has 122 valence electrons. The van der Waals surface area contributed by atoms with E-state index in [1.54, 1.807) is 30.3 Å². The third-order valence-electron chi connectivity index (χ3n) is 3.25. The summed E-state index contributed by atoms with van der Waals surface area (Å²) in [5.41, 5.74) is 7.86. The van der Waals surface area contributed by atoms with Gasteiger partial charge in [0.25, 0.3) is 5.91 Å². The van der Waals surface area contributed by atoms with Gasteiger partial charge in [-0.1, -0.05) is 29.3 Å². The lowest BCUT2D eigenvalue weighted by Gasteiger charge is -2.09. The smallest absolute Gasteiger partial charge is 0.267 e. The third-order valence-corrected chi connectivity index (χ3v) is 3.97. The molecule has 0 aliphatic heterocycles. The van der Waals surface area contributed by atoms with Gasteiger partial charge in [-0.3, -0.25) is 4.79 Å². The Morgan fingerprint density at radius 1 is 1.21 bits per heavy atom. The van der Waals surface area contributed by atoms with Crippen molar-refractivity contribution in [2.24, 2.45) is 0 Å². The minimum Gasteiger partial charge on any atom is -0.399 e. The fraction of sp³-hybridized carbons (Fsp3) is 0.0588. The lowest BCUT2D eigenvalue weighted by Crippen LogP contribution is -2.15. The van der Waals surface area contributed by atoms with Gasteiger partial charge in [0.1, 0.15) is 11.6 Å². The van der Waals surface area contributed by atoms with Gasteiger partial charge in [0.2, 0.25) is 0 Å². The van der Waals surface area contributed by atoms with Gasteiger partial charge in [-0.25, -0.2) is 0 Å². The number of benzene rings is 2. The molecule has 0 saturated carbocycles. The minimum absolute atomic E-state index is 0.109. The molecular formula is C17H14Cl2N4O. The first kappa shape index (κ1) is 17.7. The van der Waals surface area contributed by atoms with Gasteiger partial charge < -0.3 is 16.4 Å². The van der Waals surface area contributed by atoms with Crippen molar-refractivity contribution in [3.05, 3.63) is 63.8 Å². The molecule has 7 heteroatoms. The number of amides is 1. The molecule has 2 rings (SSSR count). The van der Waals surface area contributed by atoms with Crippen LogP contribution in [-0.2, 0) is 4.79 Å². The number of anilines is 3. The first-order valence-corrected chi connectivity index (χ1v) is 7.66. The van der Waals surface area contributed by atoms with E-state index in [9.17, 15) is 10.1 Å². The Kier molecular flexibility index (Phi) is 5.69. The van der Waals surface area contributed by atoms with E-state index in [1.807, 2.05) is 13.0 Å². The summed E-state index contributed by atoms with van der Waals surface area (Å²) >= 11 is 12.0. The van der Waals surface area contributed by atoms with Crippen LogP contribution >= 0.6 is 23.2 Å². The van der Waals surface area contributed by atoms with Crippen LogP contribution in [0.25, 0.3) is 0 Å². The van der Waals surface area contributed by atoms with Crippen molar-refractivity contribution in [3.63, 3.8) is 0 Å². The molecule has 0 aromatic heterocycles. The monoisotopic (exact) mass is 360 g/mol. The molecule has 0 saturated heterocycles. The molecule has 1 amide bonds. The fourth-order valence-corrected chi connectivity index (χ4v) is 2.30. The standard InChI is InChI=1S/C17H14Cl2N4O/c1-10-13(18)3-2-4-15(10)22-9-11(8-20)17(24)23-16-6-5-12(21)7-14(16)19/h2-7,9,22H,21H2,1H3,(H,23,24)/b11-9-. The van der Waals surface area contributed by atoms with E-state index in [2.05, 4.69) is 10.6 Å². The topological polar surface area (TPSA) is 90.9 Å². The van der Waals surface area contributed by atoms with Crippen molar-refractivity contribution in [1.29, 1.82) is 5.26 Å². The van der Waals surface area contributed by atoms with Crippen molar-refractivity contribution in [2.45, 2.75) is 6.92 Å². The molecule has 2 aromatic rings. The van der Waals surface area contributed by atoms with Crippen LogP contribution in [0.5, 0.6) is 0 Å². The van der Waals surface area contributed by atoms with Crippen LogP contribution in [0.15, 0.2) is 48.2 Å². The molecule has 24 heavy (non-hydrogen) atoms. The zero-order chi connectivity index (χ0) is 17.7. The molecule has 0 aliphatic rings. The molecule has 0 radical (unpaired) electrons. The molecule has 4 N–H and O–H groups in total. The lowest BCUT2D eigenvalue weighted by molar-refractivity contribution is -0.112. The second-order valence-electron chi connectivity index (χ2n) is 4.92. The highest BCUT2D eigenvalue weighted by Gasteiger charge is 2.12. The maximum absolute atomic E-state index is 12.2. The predicted octanol–water partition coefficient (Wildman–Crippen LogP) is 4.34. The Bertz CT molecular complexity index is 856. The second kappa shape index (κ2) is 7.73. The fourth-order valence-electron chi connectivity index (χ4n) is 1.88. The van der Waals surface area contributed by atoms with E-state index in [0.29, 0.717) is 27.1 Å². The zero-order valence-electron chi connectivity index (χ0n) is 12.7. The lowest BCUT2D eigenvalue weighted by atomic mass is 10.2. The van der Waals surface area contributed by atoms with Gasteiger partial charge in [-0.15, -0.1) is 0 Å². The molecule has 0 spiro atoms. The van der Waals surface area contributed by atoms with Crippen LogP contribution < -0.4 is 16.4 Å².